The highest BCUT2D eigenvalue weighted by molar-refractivity contribution is 5.82. The monoisotopic (exact) mass is 725 g/mol. The Morgan fingerprint density at radius 3 is 2.31 bits per heavy atom. The van der Waals surface area contributed by atoms with Crippen LogP contribution in [0.2, 0.25) is 0 Å². The van der Waals surface area contributed by atoms with E-state index < -0.39 is 53.5 Å². The summed E-state index contributed by atoms with van der Waals surface area (Å²) in [5.74, 6) is -1.52. The molecule has 2 N–H and O–H groups in total. The Morgan fingerprint density at radius 2 is 1.65 bits per heavy atom. The van der Waals surface area contributed by atoms with E-state index in [0.29, 0.717) is 54.7 Å². The SMILES string of the molecule is Cc1cc(C2CC2)cc2c1-c1cc(C3CC3)c(F)c(c1)[C@H](CC(=O)O)NC(=O)[C@@H](n1cc(CCN(C)C)c(C(F)(F)F)cc1=O)CCCCCCO2. The van der Waals surface area contributed by atoms with Gasteiger partial charge < -0.3 is 24.6 Å². The van der Waals surface area contributed by atoms with Gasteiger partial charge in [0.15, 0.2) is 0 Å². The summed E-state index contributed by atoms with van der Waals surface area (Å²) in [6.07, 6.45) is 2.08. The maximum Gasteiger partial charge on any atom is 0.416 e. The minimum absolute atomic E-state index is 0.00375. The molecule has 2 aliphatic carbocycles. The van der Waals surface area contributed by atoms with Gasteiger partial charge in [-0.3, -0.25) is 14.4 Å². The number of hydrogen-bond donors (Lipinski definition) is 2. The summed E-state index contributed by atoms with van der Waals surface area (Å²) in [5.41, 5.74) is 1.85. The smallest absolute Gasteiger partial charge is 0.416 e. The predicted octanol–water partition coefficient (Wildman–Crippen LogP) is 8.06. The Kier molecular flexibility index (Phi) is 11.1. The highest BCUT2D eigenvalue weighted by Gasteiger charge is 2.37. The van der Waals surface area contributed by atoms with Crippen LogP contribution < -0.4 is 15.6 Å². The van der Waals surface area contributed by atoms with Crippen LogP contribution in [0.25, 0.3) is 11.1 Å². The molecule has 6 rings (SSSR count). The van der Waals surface area contributed by atoms with Crippen LogP contribution in [0.15, 0.2) is 41.3 Å². The summed E-state index contributed by atoms with van der Waals surface area (Å²) in [4.78, 5) is 41.7. The lowest BCUT2D eigenvalue weighted by Crippen LogP contribution is -2.40. The molecule has 1 amide bonds. The largest absolute Gasteiger partial charge is 0.493 e. The molecule has 3 aromatic rings. The highest BCUT2D eigenvalue weighted by Crippen LogP contribution is 2.48. The predicted molar refractivity (Wildman–Crippen MR) is 189 cm³/mol. The third-order valence-electron chi connectivity index (χ3n) is 10.4. The van der Waals surface area contributed by atoms with Crippen LogP contribution in [0.5, 0.6) is 5.75 Å². The molecule has 280 valence electrons. The first-order valence-corrected chi connectivity index (χ1v) is 18.3. The van der Waals surface area contributed by atoms with E-state index in [0.717, 1.165) is 54.0 Å². The number of nitrogens with zero attached hydrogens (tertiary/aromatic N) is 2. The normalized spacial score (nSPS) is 20.3. The molecule has 0 radical (unpaired) electrons. The summed E-state index contributed by atoms with van der Waals surface area (Å²) in [6.45, 7) is 2.68. The Balaban J connectivity index is 1.47. The number of carboxylic acids is 1. The van der Waals surface area contributed by atoms with Crippen LogP contribution in [-0.2, 0) is 22.2 Å². The second-order valence-electron chi connectivity index (χ2n) is 15.0. The molecular weight excluding hydrogens is 678 g/mol. The Hall–Kier alpha value is -4.19. The van der Waals surface area contributed by atoms with Crippen molar-refractivity contribution >= 4 is 11.9 Å². The average Bonchev–Trinajstić information content (AvgIpc) is 3.99. The lowest BCUT2D eigenvalue weighted by atomic mass is 9.89. The summed E-state index contributed by atoms with van der Waals surface area (Å²) in [6, 6.07) is 5.55. The molecule has 0 unspecified atom stereocenters. The molecule has 2 fully saturated rings. The lowest BCUT2D eigenvalue weighted by molar-refractivity contribution is -0.139. The number of aryl methyl sites for hydroxylation is 1. The molecular formula is C40H47F4N3O5. The number of rotatable bonds is 8. The van der Waals surface area contributed by atoms with E-state index in [-0.39, 0.29) is 36.4 Å². The number of nitrogens with one attached hydrogen (secondary N) is 1. The number of carbonyl (C=O) groups is 2. The number of hydrogen-bond acceptors (Lipinski definition) is 5. The summed E-state index contributed by atoms with van der Waals surface area (Å²) < 4.78 is 66.3. The maximum atomic E-state index is 16.6. The van der Waals surface area contributed by atoms with Gasteiger partial charge in [-0.15, -0.1) is 0 Å². The molecule has 8 nitrogen and oxygen atoms in total. The molecule has 2 bridgehead atoms. The van der Waals surface area contributed by atoms with E-state index in [2.05, 4.69) is 17.4 Å². The van der Waals surface area contributed by atoms with Gasteiger partial charge in [0.2, 0.25) is 5.91 Å². The van der Waals surface area contributed by atoms with E-state index in [1.54, 1.807) is 25.1 Å². The zero-order chi connectivity index (χ0) is 37.3. The topological polar surface area (TPSA) is 101 Å². The number of carbonyl (C=O) groups excluding carboxylic acids is 1. The number of halogens is 4. The van der Waals surface area contributed by atoms with Crippen molar-refractivity contribution in [1.29, 1.82) is 0 Å². The molecule has 1 aliphatic heterocycles. The highest BCUT2D eigenvalue weighted by atomic mass is 19.4. The molecule has 3 aliphatic rings. The molecule has 2 atom stereocenters. The first kappa shape index (κ1) is 37.6. The molecule has 2 aromatic carbocycles. The molecule has 2 saturated carbocycles. The zero-order valence-electron chi connectivity index (χ0n) is 30.0. The molecule has 1 aromatic heterocycles. The van der Waals surface area contributed by atoms with Gasteiger partial charge in [0.05, 0.1) is 24.6 Å². The van der Waals surface area contributed by atoms with Crippen LogP contribution in [0, 0.1) is 12.7 Å². The van der Waals surface area contributed by atoms with Crippen molar-refractivity contribution in [2.24, 2.45) is 0 Å². The number of ether oxygens (including phenoxy) is 1. The quantitative estimate of drug-likeness (QED) is 0.228. The lowest BCUT2D eigenvalue weighted by Gasteiger charge is -2.27. The minimum atomic E-state index is -4.78. The van der Waals surface area contributed by atoms with Crippen LogP contribution in [0.4, 0.5) is 17.6 Å². The number of alkyl halides is 3. The summed E-state index contributed by atoms with van der Waals surface area (Å²) >= 11 is 0. The molecule has 0 spiro atoms. The molecule has 0 saturated heterocycles. The second kappa shape index (κ2) is 15.4. The first-order chi connectivity index (χ1) is 24.7. The van der Waals surface area contributed by atoms with Crippen molar-refractivity contribution < 1.29 is 37.0 Å². The second-order valence-corrected chi connectivity index (χ2v) is 15.0. The van der Waals surface area contributed by atoms with Crippen LogP contribution in [0.1, 0.15) is 122 Å². The van der Waals surface area contributed by atoms with E-state index in [9.17, 15) is 32.7 Å². The maximum absolute atomic E-state index is 16.6. The van der Waals surface area contributed by atoms with Crippen molar-refractivity contribution in [3.8, 4) is 16.9 Å². The number of likely N-dealkylation sites (N-methyl/N-ethyl adjacent to an activating group) is 1. The van der Waals surface area contributed by atoms with Crippen molar-refractivity contribution in [2.75, 3.05) is 27.2 Å². The number of aromatic nitrogens is 1. The first-order valence-electron chi connectivity index (χ1n) is 18.3. The number of carboxylic acid groups (broad SMARTS) is 1. The molecule has 12 heteroatoms. The zero-order valence-corrected chi connectivity index (χ0v) is 30.0. The van der Waals surface area contributed by atoms with E-state index in [1.807, 2.05) is 13.0 Å². The van der Waals surface area contributed by atoms with Gasteiger partial charge in [0, 0.05) is 29.9 Å². The number of aliphatic carboxylic acids is 1. The third kappa shape index (κ3) is 8.70. The Bertz CT molecular complexity index is 1880. The van der Waals surface area contributed by atoms with Crippen molar-refractivity contribution in [2.45, 2.75) is 108 Å². The van der Waals surface area contributed by atoms with Crippen molar-refractivity contribution in [3.05, 3.63) is 86.1 Å². The van der Waals surface area contributed by atoms with E-state index in [4.69, 9.17) is 4.74 Å². The third-order valence-corrected chi connectivity index (χ3v) is 10.4. The van der Waals surface area contributed by atoms with E-state index in [1.165, 1.54) is 5.56 Å². The minimum Gasteiger partial charge on any atom is -0.493 e. The fraction of sp³-hybridized carbons (Fsp3) is 0.525. The van der Waals surface area contributed by atoms with Gasteiger partial charge in [-0.1, -0.05) is 25.3 Å². The van der Waals surface area contributed by atoms with Gasteiger partial charge >= 0.3 is 12.1 Å². The van der Waals surface area contributed by atoms with Crippen LogP contribution in [0.3, 0.4) is 0 Å². The summed E-state index contributed by atoms with van der Waals surface area (Å²) in [5, 5.41) is 12.8. The van der Waals surface area contributed by atoms with Crippen LogP contribution >= 0.6 is 0 Å². The number of pyridine rings is 1. The van der Waals surface area contributed by atoms with Gasteiger partial charge in [0.1, 0.15) is 17.6 Å². The van der Waals surface area contributed by atoms with Gasteiger partial charge in [-0.25, -0.2) is 4.39 Å². The van der Waals surface area contributed by atoms with Gasteiger partial charge in [-0.2, -0.15) is 13.2 Å². The fourth-order valence-electron chi connectivity index (χ4n) is 7.37. The van der Waals surface area contributed by atoms with Gasteiger partial charge in [0.25, 0.3) is 5.56 Å². The standard InChI is InChI=1S/C40H47F4N3O5/c1-23-16-27(24-9-10-24)19-34-37(23)28-17-29(25-11-12-25)38(41)30(18-28)32(21-36(49)50)45-39(51)33(8-6-4-5-7-15-52-34)47-22-26(13-14-46(2)3)31(20-35(47)48)40(42,43)44/h16-20,22,24-25,32-33H,4-15,21H2,1-3H3,(H,45,51)(H,49,50)/t32-,33-/m0/s1. The number of amides is 1. The summed E-state index contributed by atoms with van der Waals surface area (Å²) in [7, 11) is 3.45. The van der Waals surface area contributed by atoms with Crippen LogP contribution in [-0.4, -0.2) is 53.7 Å². The van der Waals surface area contributed by atoms with Crippen molar-refractivity contribution in [3.63, 3.8) is 0 Å². The Labute approximate surface area is 301 Å². The number of fused-ring (bicyclic) bond motifs is 4. The molecule has 2 heterocycles. The Morgan fingerprint density at radius 1 is 0.962 bits per heavy atom. The molecule has 52 heavy (non-hydrogen) atoms. The number of benzene rings is 2. The average molecular weight is 726 g/mol. The fourth-order valence-corrected chi connectivity index (χ4v) is 7.37. The van der Waals surface area contributed by atoms with Crippen molar-refractivity contribution in [1.82, 2.24) is 14.8 Å². The van der Waals surface area contributed by atoms with Gasteiger partial charge in [-0.05, 0) is 124 Å². The van der Waals surface area contributed by atoms with E-state index >= 15 is 4.39 Å².